The fourth-order valence-corrected chi connectivity index (χ4v) is 2.77. The zero-order chi connectivity index (χ0) is 15.2. The molecule has 4 nitrogen and oxygen atoms in total. The van der Waals surface area contributed by atoms with Gasteiger partial charge in [-0.25, -0.2) is 0 Å². The molecule has 2 rings (SSSR count). The van der Waals surface area contributed by atoms with E-state index in [1.165, 1.54) is 11.3 Å². The quantitative estimate of drug-likeness (QED) is 0.821. The molecule has 0 aliphatic rings. The third-order valence-electron chi connectivity index (χ3n) is 3.22. The molecule has 21 heavy (non-hydrogen) atoms. The number of rotatable bonds is 6. The summed E-state index contributed by atoms with van der Waals surface area (Å²) in [5.74, 6) is 1.42. The van der Waals surface area contributed by atoms with E-state index in [-0.39, 0.29) is 5.91 Å². The summed E-state index contributed by atoms with van der Waals surface area (Å²) in [5, 5.41) is 1.91. The fraction of sp³-hybridized carbons (Fsp3) is 0.312. The summed E-state index contributed by atoms with van der Waals surface area (Å²) in [7, 11) is 3.21. The van der Waals surface area contributed by atoms with E-state index < -0.39 is 0 Å². The lowest BCUT2D eigenvalue weighted by atomic mass is 10.2. The van der Waals surface area contributed by atoms with Gasteiger partial charge in [-0.15, -0.1) is 11.3 Å². The van der Waals surface area contributed by atoms with Crippen LogP contribution in [-0.2, 0) is 6.54 Å². The monoisotopic (exact) mass is 305 g/mol. The summed E-state index contributed by atoms with van der Waals surface area (Å²) in [6.07, 6.45) is 0. The molecule has 0 saturated carbocycles. The molecule has 1 amide bonds. The summed E-state index contributed by atoms with van der Waals surface area (Å²) in [4.78, 5) is 15.0. The van der Waals surface area contributed by atoms with E-state index in [0.717, 1.165) is 10.4 Å². The Hall–Kier alpha value is -2.01. The highest BCUT2D eigenvalue weighted by Gasteiger charge is 2.16. The van der Waals surface area contributed by atoms with Crippen LogP contribution in [0.3, 0.4) is 0 Å². The van der Waals surface area contributed by atoms with Crippen LogP contribution in [0.4, 0.5) is 0 Å². The van der Waals surface area contributed by atoms with Gasteiger partial charge >= 0.3 is 0 Å². The molecule has 112 valence electrons. The Morgan fingerprint density at radius 1 is 1.19 bits per heavy atom. The Morgan fingerprint density at radius 2 is 1.95 bits per heavy atom. The Bertz CT molecular complexity index is 596. The van der Waals surface area contributed by atoms with Gasteiger partial charge < -0.3 is 14.4 Å². The van der Waals surface area contributed by atoms with Crippen LogP contribution in [0.15, 0.2) is 35.7 Å². The average Bonchev–Trinajstić information content (AvgIpc) is 3.06. The molecule has 0 fully saturated rings. The summed E-state index contributed by atoms with van der Waals surface area (Å²) >= 11 is 1.46. The minimum atomic E-state index is 0.0577. The van der Waals surface area contributed by atoms with Crippen LogP contribution in [0.25, 0.3) is 0 Å². The predicted octanol–water partition coefficient (Wildman–Crippen LogP) is 3.43. The third-order valence-corrected chi connectivity index (χ3v) is 4.08. The molecule has 0 aliphatic heterocycles. The van der Waals surface area contributed by atoms with Gasteiger partial charge in [-0.1, -0.05) is 12.1 Å². The maximum atomic E-state index is 12.4. The Morgan fingerprint density at radius 3 is 2.52 bits per heavy atom. The van der Waals surface area contributed by atoms with Gasteiger partial charge in [0.25, 0.3) is 5.91 Å². The minimum absolute atomic E-state index is 0.0577. The van der Waals surface area contributed by atoms with Crippen molar-refractivity contribution in [3.63, 3.8) is 0 Å². The molecule has 0 N–H and O–H groups in total. The first-order valence-corrected chi connectivity index (χ1v) is 7.61. The van der Waals surface area contributed by atoms with Gasteiger partial charge in [-0.2, -0.15) is 0 Å². The maximum absolute atomic E-state index is 12.4. The standard InChI is InChI=1S/C16H19NO3S/c1-4-17(16(18)15-6-5-9-21-15)11-12-7-8-13(19-2)14(10-12)20-3/h5-10H,4,11H2,1-3H3. The molecule has 0 radical (unpaired) electrons. The van der Waals surface area contributed by atoms with Crippen LogP contribution < -0.4 is 9.47 Å². The fourth-order valence-electron chi connectivity index (χ4n) is 2.08. The summed E-state index contributed by atoms with van der Waals surface area (Å²) < 4.78 is 10.5. The molecule has 0 unspecified atom stereocenters. The highest BCUT2D eigenvalue weighted by Crippen LogP contribution is 2.28. The van der Waals surface area contributed by atoms with Crippen LogP contribution in [0.2, 0.25) is 0 Å². The normalized spacial score (nSPS) is 10.2. The number of nitrogens with zero attached hydrogens (tertiary/aromatic N) is 1. The first-order chi connectivity index (χ1) is 10.2. The molecule has 1 aromatic heterocycles. The Labute approximate surface area is 128 Å². The highest BCUT2D eigenvalue weighted by atomic mass is 32.1. The highest BCUT2D eigenvalue weighted by molar-refractivity contribution is 7.12. The SMILES string of the molecule is CCN(Cc1ccc(OC)c(OC)c1)C(=O)c1cccs1. The number of amides is 1. The van der Waals surface area contributed by atoms with Crippen molar-refractivity contribution in [2.45, 2.75) is 13.5 Å². The first-order valence-electron chi connectivity index (χ1n) is 6.73. The van der Waals surface area contributed by atoms with Crippen molar-refractivity contribution in [2.75, 3.05) is 20.8 Å². The number of methoxy groups -OCH3 is 2. The number of benzene rings is 1. The molecular formula is C16H19NO3S. The number of ether oxygens (including phenoxy) is 2. The molecule has 0 spiro atoms. The van der Waals surface area contributed by atoms with Crippen LogP contribution in [0.5, 0.6) is 11.5 Å². The number of thiophene rings is 1. The van der Waals surface area contributed by atoms with Crippen LogP contribution in [0, 0.1) is 0 Å². The van der Waals surface area contributed by atoms with Gasteiger partial charge in [0.05, 0.1) is 19.1 Å². The molecule has 1 heterocycles. The minimum Gasteiger partial charge on any atom is -0.493 e. The molecular weight excluding hydrogens is 286 g/mol. The Balaban J connectivity index is 2.17. The van der Waals surface area contributed by atoms with E-state index in [4.69, 9.17) is 9.47 Å². The number of hydrogen-bond acceptors (Lipinski definition) is 4. The molecule has 1 aromatic carbocycles. The average molecular weight is 305 g/mol. The second-order valence-corrected chi connectivity index (χ2v) is 5.43. The second kappa shape index (κ2) is 7.13. The molecule has 5 heteroatoms. The molecule has 2 aromatic rings. The van der Waals surface area contributed by atoms with Crippen molar-refractivity contribution in [3.05, 3.63) is 46.2 Å². The summed E-state index contributed by atoms with van der Waals surface area (Å²) in [6.45, 7) is 3.19. The van der Waals surface area contributed by atoms with Crippen LogP contribution in [-0.4, -0.2) is 31.6 Å². The largest absolute Gasteiger partial charge is 0.493 e. The molecule has 0 aliphatic carbocycles. The van der Waals surface area contributed by atoms with Gasteiger partial charge in [0.1, 0.15) is 0 Å². The van der Waals surface area contributed by atoms with Crippen molar-refractivity contribution in [1.82, 2.24) is 4.90 Å². The van der Waals surface area contributed by atoms with Gasteiger partial charge in [0, 0.05) is 13.1 Å². The lowest BCUT2D eigenvalue weighted by molar-refractivity contribution is 0.0757. The van der Waals surface area contributed by atoms with Gasteiger partial charge in [-0.3, -0.25) is 4.79 Å². The van der Waals surface area contributed by atoms with E-state index in [1.54, 1.807) is 14.2 Å². The molecule has 0 atom stereocenters. The lowest BCUT2D eigenvalue weighted by Gasteiger charge is -2.21. The van der Waals surface area contributed by atoms with E-state index in [2.05, 4.69) is 0 Å². The van der Waals surface area contributed by atoms with Crippen molar-refractivity contribution < 1.29 is 14.3 Å². The third kappa shape index (κ3) is 3.55. The van der Waals surface area contributed by atoms with E-state index in [0.29, 0.717) is 24.6 Å². The lowest BCUT2D eigenvalue weighted by Crippen LogP contribution is -2.29. The zero-order valence-electron chi connectivity index (χ0n) is 12.5. The number of carbonyl (C=O) groups is 1. The molecule has 0 bridgehead atoms. The van der Waals surface area contributed by atoms with Crippen molar-refractivity contribution in [2.24, 2.45) is 0 Å². The Kier molecular flexibility index (Phi) is 5.22. The number of hydrogen-bond donors (Lipinski definition) is 0. The van der Waals surface area contributed by atoms with Gasteiger partial charge in [0.2, 0.25) is 0 Å². The van der Waals surface area contributed by atoms with E-state index >= 15 is 0 Å². The van der Waals surface area contributed by atoms with Gasteiger partial charge in [0.15, 0.2) is 11.5 Å². The summed E-state index contributed by atoms with van der Waals surface area (Å²) in [5.41, 5.74) is 1.01. The second-order valence-electron chi connectivity index (χ2n) is 4.49. The van der Waals surface area contributed by atoms with E-state index in [9.17, 15) is 4.79 Å². The summed E-state index contributed by atoms with van der Waals surface area (Å²) in [6, 6.07) is 9.46. The predicted molar refractivity (Wildman–Crippen MR) is 84.3 cm³/mol. The van der Waals surface area contributed by atoms with Gasteiger partial charge in [-0.05, 0) is 36.1 Å². The first kappa shape index (κ1) is 15.4. The smallest absolute Gasteiger partial charge is 0.264 e. The van der Waals surface area contributed by atoms with Crippen molar-refractivity contribution in [1.29, 1.82) is 0 Å². The maximum Gasteiger partial charge on any atom is 0.264 e. The van der Waals surface area contributed by atoms with Crippen molar-refractivity contribution >= 4 is 17.2 Å². The topological polar surface area (TPSA) is 38.8 Å². The van der Waals surface area contributed by atoms with E-state index in [1.807, 2.05) is 47.5 Å². The van der Waals surface area contributed by atoms with Crippen LogP contribution in [0.1, 0.15) is 22.2 Å². The number of carbonyl (C=O) groups excluding carboxylic acids is 1. The zero-order valence-corrected chi connectivity index (χ0v) is 13.3. The molecule has 0 saturated heterocycles. The van der Waals surface area contributed by atoms with Crippen molar-refractivity contribution in [3.8, 4) is 11.5 Å². The van der Waals surface area contributed by atoms with Crippen LogP contribution >= 0.6 is 11.3 Å².